The molecule has 0 bridgehead atoms. The second-order valence-corrected chi connectivity index (χ2v) is 6.37. The molecule has 1 aliphatic heterocycles. The third-order valence-electron chi connectivity index (χ3n) is 3.56. The smallest absolute Gasteiger partial charge is 0.320 e. The van der Waals surface area contributed by atoms with Crippen LogP contribution in [0.2, 0.25) is 0 Å². The van der Waals surface area contributed by atoms with E-state index in [9.17, 15) is 9.90 Å². The van der Waals surface area contributed by atoms with Crippen LogP contribution in [-0.4, -0.2) is 23.7 Å². The number of carboxylic acids is 1. The van der Waals surface area contributed by atoms with Crippen molar-refractivity contribution in [1.29, 1.82) is 0 Å². The zero-order chi connectivity index (χ0) is 14.7. The number of aliphatic carboxylic acids is 1. The van der Waals surface area contributed by atoms with Gasteiger partial charge in [0.05, 0.1) is 6.61 Å². The standard InChI is InChI=1S/C15H20BrNO3/c1-9(2)14(15(18)19)17-12-4-3-7-20-13-8-10(16)5-6-11(12)13/h5-6,8-9,12,14,17H,3-4,7H2,1-2H3,(H,18,19). The summed E-state index contributed by atoms with van der Waals surface area (Å²) in [4.78, 5) is 11.4. The molecule has 2 N–H and O–H groups in total. The maximum atomic E-state index is 11.4. The van der Waals surface area contributed by atoms with E-state index in [4.69, 9.17) is 4.74 Å². The zero-order valence-corrected chi connectivity index (χ0v) is 13.3. The third-order valence-corrected chi connectivity index (χ3v) is 4.05. The normalized spacial score (nSPS) is 19.9. The van der Waals surface area contributed by atoms with Gasteiger partial charge in [-0.1, -0.05) is 35.8 Å². The highest BCUT2D eigenvalue weighted by Gasteiger charge is 2.28. The minimum atomic E-state index is -0.802. The summed E-state index contributed by atoms with van der Waals surface area (Å²) in [6.45, 7) is 4.50. The Balaban J connectivity index is 2.26. The molecule has 110 valence electrons. The Morgan fingerprint density at radius 3 is 2.90 bits per heavy atom. The molecule has 4 nitrogen and oxygen atoms in total. The van der Waals surface area contributed by atoms with Crippen molar-refractivity contribution >= 4 is 21.9 Å². The van der Waals surface area contributed by atoms with Gasteiger partial charge in [0.1, 0.15) is 11.8 Å². The number of ether oxygens (including phenoxy) is 1. The molecule has 0 spiro atoms. The van der Waals surface area contributed by atoms with Crippen LogP contribution >= 0.6 is 15.9 Å². The van der Waals surface area contributed by atoms with Crippen LogP contribution < -0.4 is 10.1 Å². The van der Waals surface area contributed by atoms with E-state index in [1.807, 2.05) is 32.0 Å². The summed E-state index contributed by atoms with van der Waals surface area (Å²) in [6, 6.07) is 5.38. The van der Waals surface area contributed by atoms with Gasteiger partial charge in [-0.05, 0) is 30.9 Å². The highest BCUT2D eigenvalue weighted by atomic mass is 79.9. The average molecular weight is 342 g/mol. The zero-order valence-electron chi connectivity index (χ0n) is 11.7. The molecule has 0 amide bonds. The minimum absolute atomic E-state index is 0.0177. The average Bonchev–Trinajstić information content (AvgIpc) is 2.56. The topological polar surface area (TPSA) is 58.6 Å². The Bertz CT molecular complexity index is 490. The molecule has 0 saturated heterocycles. The summed E-state index contributed by atoms with van der Waals surface area (Å²) < 4.78 is 6.71. The maximum absolute atomic E-state index is 11.4. The van der Waals surface area contributed by atoms with Gasteiger partial charge in [0.15, 0.2) is 0 Å². The molecule has 2 rings (SSSR count). The van der Waals surface area contributed by atoms with Crippen molar-refractivity contribution in [3.05, 3.63) is 28.2 Å². The van der Waals surface area contributed by atoms with Gasteiger partial charge in [0, 0.05) is 16.1 Å². The van der Waals surface area contributed by atoms with E-state index in [0.717, 1.165) is 28.6 Å². The quantitative estimate of drug-likeness (QED) is 0.881. The first-order chi connectivity index (χ1) is 9.49. The van der Waals surface area contributed by atoms with Crippen LogP contribution in [0.15, 0.2) is 22.7 Å². The van der Waals surface area contributed by atoms with Crippen LogP contribution in [0, 0.1) is 5.92 Å². The number of fused-ring (bicyclic) bond motifs is 1. The summed E-state index contributed by atoms with van der Waals surface area (Å²) in [6.07, 6.45) is 1.79. The molecule has 1 heterocycles. The molecule has 0 aromatic heterocycles. The number of benzene rings is 1. The fraction of sp³-hybridized carbons (Fsp3) is 0.533. The molecule has 0 fully saturated rings. The lowest BCUT2D eigenvalue weighted by molar-refractivity contribution is -0.140. The number of rotatable bonds is 4. The van der Waals surface area contributed by atoms with Crippen molar-refractivity contribution in [3.8, 4) is 5.75 Å². The van der Waals surface area contributed by atoms with Gasteiger partial charge >= 0.3 is 5.97 Å². The number of nitrogens with one attached hydrogen (secondary N) is 1. The number of hydrogen-bond donors (Lipinski definition) is 2. The maximum Gasteiger partial charge on any atom is 0.320 e. The second-order valence-electron chi connectivity index (χ2n) is 5.45. The second kappa shape index (κ2) is 6.59. The Morgan fingerprint density at radius 1 is 1.50 bits per heavy atom. The van der Waals surface area contributed by atoms with Crippen LogP contribution in [0.1, 0.15) is 38.3 Å². The number of carbonyl (C=O) groups is 1. The van der Waals surface area contributed by atoms with E-state index in [-0.39, 0.29) is 12.0 Å². The van der Waals surface area contributed by atoms with Gasteiger partial charge in [0.25, 0.3) is 0 Å². The summed E-state index contributed by atoms with van der Waals surface area (Å²) in [5, 5.41) is 12.6. The molecule has 0 saturated carbocycles. The van der Waals surface area contributed by atoms with Crippen molar-refractivity contribution < 1.29 is 14.6 Å². The molecule has 5 heteroatoms. The first kappa shape index (κ1) is 15.3. The molecule has 1 aromatic carbocycles. The molecule has 2 unspecified atom stereocenters. The van der Waals surface area contributed by atoms with Gasteiger partial charge < -0.3 is 9.84 Å². The lowest BCUT2D eigenvalue weighted by atomic mass is 9.97. The Kier molecular flexibility index (Phi) is 5.05. The van der Waals surface area contributed by atoms with Crippen molar-refractivity contribution in [2.24, 2.45) is 5.92 Å². The van der Waals surface area contributed by atoms with Crippen molar-refractivity contribution in [2.45, 2.75) is 38.8 Å². The fourth-order valence-corrected chi connectivity index (χ4v) is 2.82. The van der Waals surface area contributed by atoms with Crippen molar-refractivity contribution in [1.82, 2.24) is 5.32 Å². The summed E-state index contributed by atoms with van der Waals surface area (Å²) in [7, 11) is 0. The number of halogens is 1. The Hall–Kier alpha value is -1.07. The number of hydrogen-bond acceptors (Lipinski definition) is 3. The van der Waals surface area contributed by atoms with E-state index in [2.05, 4.69) is 21.2 Å². The van der Waals surface area contributed by atoms with Gasteiger partial charge in [-0.3, -0.25) is 10.1 Å². The minimum Gasteiger partial charge on any atom is -0.493 e. The Morgan fingerprint density at radius 2 is 2.25 bits per heavy atom. The molecule has 0 radical (unpaired) electrons. The van der Waals surface area contributed by atoms with Crippen LogP contribution in [0.5, 0.6) is 5.75 Å². The van der Waals surface area contributed by atoms with Gasteiger partial charge in [-0.15, -0.1) is 0 Å². The monoisotopic (exact) mass is 341 g/mol. The fourth-order valence-electron chi connectivity index (χ4n) is 2.48. The lowest BCUT2D eigenvalue weighted by Crippen LogP contribution is -2.42. The van der Waals surface area contributed by atoms with Crippen LogP contribution in [0.3, 0.4) is 0 Å². The highest BCUT2D eigenvalue weighted by molar-refractivity contribution is 9.10. The highest BCUT2D eigenvalue weighted by Crippen LogP contribution is 2.34. The summed E-state index contributed by atoms with van der Waals surface area (Å²) in [5.74, 6) is 0.0710. The third kappa shape index (κ3) is 3.52. The van der Waals surface area contributed by atoms with E-state index in [0.29, 0.717) is 6.61 Å². The van der Waals surface area contributed by atoms with E-state index >= 15 is 0 Å². The summed E-state index contributed by atoms with van der Waals surface area (Å²) in [5.41, 5.74) is 1.04. The first-order valence-corrected chi connectivity index (χ1v) is 7.69. The van der Waals surface area contributed by atoms with Crippen LogP contribution in [-0.2, 0) is 4.79 Å². The van der Waals surface area contributed by atoms with Crippen molar-refractivity contribution in [3.63, 3.8) is 0 Å². The van der Waals surface area contributed by atoms with Crippen LogP contribution in [0.25, 0.3) is 0 Å². The lowest BCUT2D eigenvalue weighted by Gasteiger charge is -2.25. The van der Waals surface area contributed by atoms with E-state index in [1.165, 1.54) is 0 Å². The molecule has 1 aliphatic rings. The molecular formula is C15H20BrNO3. The Labute approximate surface area is 127 Å². The van der Waals surface area contributed by atoms with Gasteiger partial charge in [-0.25, -0.2) is 0 Å². The van der Waals surface area contributed by atoms with E-state index in [1.54, 1.807) is 0 Å². The first-order valence-electron chi connectivity index (χ1n) is 6.90. The molecule has 0 aliphatic carbocycles. The van der Waals surface area contributed by atoms with Gasteiger partial charge in [-0.2, -0.15) is 0 Å². The molecule has 20 heavy (non-hydrogen) atoms. The molecule has 1 aromatic rings. The predicted octanol–water partition coefficient (Wildman–Crippen LogP) is 3.36. The SMILES string of the molecule is CC(C)C(NC1CCCOc2cc(Br)ccc21)C(=O)O. The number of carboxylic acid groups (broad SMARTS) is 1. The van der Waals surface area contributed by atoms with Crippen LogP contribution in [0.4, 0.5) is 0 Å². The summed E-state index contributed by atoms with van der Waals surface area (Å²) >= 11 is 3.44. The van der Waals surface area contributed by atoms with Gasteiger partial charge in [0.2, 0.25) is 0 Å². The molecule has 2 atom stereocenters. The van der Waals surface area contributed by atoms with E-state index < -0.39 is 12.0 Å². The largest absolute Gasteiger partial charge is 0.493 e. The molecular weight excluding hydrogens is 322 g/mol. The van der Waals surface area contributed by atoms with Crippen molar-refractivity contribution in [2.75, 3.05) is 6.61 Å². The predicted molar refractivity (Wildman–Crippen MR) is 81.0 cm³/mol.